The van der Waals surface area contributed by atoms with E-state index in [2.05, 4.69) is 6.92 Å². The minimum atomic E-state index is -0.935. The van der Waals surface area contributed by atoms with E-state index >= 15 is 4.39 Å². The first-order chi connectivity index (χ1) is 27.3. The molecule has 4 aromatic rings. The Morgan fingerprint density at radius 2 is 1.43 bits per heavy atom. The van der Waals surface area contributed by atoms with Crippen LogP contribution in [0.4, 0.5) is 4.39 Å². The molecule has 56 heavy (non-hydrogen) atoms. The van der Waals surface area contributed by atoms with E-state index in [1.807, 2.05) is 18.2 Å². The predicted molar refractivity (Wildman–Crippen MR) is 208 cm³/mol. The van der Waals surface area contributed by atoms with Crippen LogP contribution in [0.15, 0.2) is 72.8 Å². The summed E-state index contributed by atoms with van der Waals surface area (Å²) in [5.41, 5.74) is 0.509. The number of hydrogen-bond donors (Lipinski definition) is 1. The van der Waals surface area contributed by atoms with Gasteiger partial charge >= 0.3 is 17.9 Å². The summed E-state index contributed by atoms with van der Waals surface area (Å²) in [6.07, 6.45) is 12.0. The largest absolute Gasteiger partial charge is 0.493 e. The van der Waals surface area contributed by atoms with Gasteiger partial charge in [0.1, 0.15) is 17.6 Å². The summed E-state index contributed by atoms with van der Waals surface area (Å²) in [6, 6.07) is 18.3. The van der Waals surface area contributed by atoms with Gasteiger partial charge in [0.05, 0.1) is 35.5 Å². The van der Waals surface area contributed by atoms with E-state index in [1.165, 1.54) is 43.2 Å². The molecular weight excluding hydrogens is 717 g/mol. The Hall–Kier alpha value is -5.13. The molecule has 10 nitrogen and oxygen atoms in total. The highest BCUT2D eigenvalue weighted by molar-refractivity contribution is 5.98. The van der Waals surface area contributed by atoms with Crippen LogP contribution in [0.1, 0.15) is 108 Å². The van der Waals surface area contributed by atoms with Crippen molar-refractivity contribution in [2.75, 3.05) is 19.8 Å². The SMILES string of the molecule is CCCC1CCC(OC(=O)c2ccc(OC(=O)c3ccc(OC(=O)c4ccc5cc(OCCCOCC6CCC7OC7C6)ccc5c4)c(F)c3)c(C=N)c2)CC1. The molecule has 0 spiro atoms. The second-order valence-electron chi connectivity index (χ2n) is 15.1. The Balaban J connectivity index is 0.880. The Kier molecular flexibility index (Phi) is 12.7. The maximum Gasteiger partial charge on any atom is 0.343 e. The number of hydrogen-bond acceptors (Lipinski definition) is 10. The molecule has 0 radical (unpaired) electrons. The Bertz CT molecular complexity index is 2060. The molecular formula is C45H48FNO9. The number of halogens is 1. The van der Waals surface area contributed by atoms with Crippen molar-refractivity contribution in [2.24, 2.45) is 11.8 Å². The third kappa shape index (κ3) is 9.99. The van der Waals surface area contributed by atoms with Crippen LogP contribution in [0.2, 0.25) is 0 Å². The predicted octanol–water partition coefficient (Wildman–Crippen LogP) is 9.28. The third-order valence-corrected chi connectivity index (χ3v) is 11.0. The first kappa shape index (κ1) is 39.1. The van der Waals surface area contributed by atoms with Crippen LogP contribution in [0.5, 0.6) is 17.2 Å². The summed E-state index contributed by atoms with van der Waals surface area (Å²) >= 11 is 0. The Labute approximate surface area is 326 Å². The number of ether oxygens (including phenoxy) is 6. The molecule has 1 aliphatic heterocycles. The van der Waals surface area contributed by atoms with E-state index in [4.69, 9.17) is 33.8 Å². The van der Waals surface area contributed by atoms with Crippen molar-refractivity contribution in [3.05, 3.63) is 101 Å². The molecule has 11 heteroatoms. The van der Waals surface area contributed by atoms with E-state index in [0.29, 0.717) is 43.0 Å². The lowest BCUT2D eigenvalue weighted by Crippen LogP contribution is -2.24. The van der Waals surface area contributed by atoms with Crippen molar-refractivity contribution in [1.82, 2.24) is 0 Å². The van der Waals surface area contributed by atoms with Gasteiger partial charge in [-0.15, -0.1) is 0 Å². The maximum atomic E-state index is 15.1. The van der Waals surface area contributed by atoms with Crippen LogP contribution in [-0.2, 0) is 14.2 Å². The van der Waals surface area contributed by atoms with Crippen molar-refractivity contribution in [3.8, 4) is 17.2 Å². The number of esters is 3. The fourth-order valence-electron chi connectivity index (χ4n) is 7.76. The van der Waals surface area contributed by atoms with Gasteiger partial charge in [-0.1, -0.05) is 31.9 Å². The molecule has 0 amide bonds. The van der Waals surface area contributed by atoms with Crippen molar-refractivity contribution >= 4 is 34.9 Å². The van der Waals surface area contributed by atoms with Gasteiger partial charge in [0.2, 0.25) is 0 Å². The first-order valence-electron chi connectivity index (χ1n) is 19.8. The fraction of sp³-hybridized carbons (Fsp3) is 0.422. The quantitative estimate of drug-likeness (QED) is 0.0390. The first-order valence-corrected chi connectivity index (χ1v) is 19.8. The second kappa shape index (κ2) is 18.2. The molecule has 3 aliphatic rings. The van der Waals surface area contributed by atoms with E-state index in [1.54, 1.807) is 18.2 Å². The van der Waals surface area contributed by atoms with Crippen LogP contribution >= 0.6 is 0 Å². The van der Waals surface area contributed by atoms with E-state index in [9.17, 15) is 14.4 Å². The number of carbonyl (C=O) groups is 3. The minimum absolute atomic E-state index is 0.0228. The average molecular weight is 766 g/mol. The summed E-state index contributed by atoms with van der Waals surface area (Å²) < 4.78 is 49.1. The van der Waals surface area contributed by atoms with Crippen molar-refractivity contribution in [3.63, 3.8) is 0 Å². The molecule has 2 saturated carbocycles. The molecule has 3 unspecified atom stereocenters. The molecule has 1 heterocycles. The molecule has 2 aliphatic carbocycles. The molecule has 1 saturated heterocycles. The second-order valence-corrected chi connectivity index (χ2v) is 15.1. The molecule has 3 fully saturated rings. The molecule has 7 rings (SSSR count). The number of fused-ring (bicyclic) bond motifs is 2. The zero-order chi connectivity index (χ0) is 39.0. The van der Waals surface area contributed by atoms with Gasteiger partial charge in [-0.25, -0.2) is 18.8 Å². The number of nitrogens with one attached hydrogen (secondary N) is 1. The minimum Gasteiger partial charge on any atom is -0.493 e. The normalized spacial score (nSPS) is 21.4. The van der Waals surface area contributed by atoms with E-state index < -0.39 is 23.7 Å². The van der Waals surface area contributed by atoms with E-state index in [0.717, 1.165) is 81.0 Å². The number of benzene rings is 4. The third-order valence-electron chi connectivity index (χ3n) is 11.0. The van der Waals surface area contributed by atoms with Gasteiger partial charge in [-0.3, -0.25) is 0 Å². The number of rotatable bonds is 16. The summed E-state index contributed by atoms with van der Waals surface area (Å²) in [6.45, 7) is 4.10. The highest BCUT2D eigenvalue weighted by Gasteiger charge is 2.43. The zero-order valence-corrected chi connectivity index (χ0v) is 31.6. The van der Waals surface area contributed by atoms with Gasteiger partial charge in [0, 0.05) is 31.4 Å². The zero-order valence-electron chi connectivity index (χ0n) is 31.6. The van der Waals surface area contributed by atoms with Gasteiger partial charge in [0.15, 0.2) is 11.6 Å². The number of epoxide rings is 1. The molecule has 0 aromatic heterocycles. The van der Waals surface area contributed by atoms with Crippen LogP contribution in [-0.4, -0.2) is 62.3 Å². The summed E-state index contributed by atoms with van der Waals surface area (Å²) in [5, 5.41) is 9.47. The smallest absolute Gasteiger partial charge is 0.343 e. The molecule has 3 atom stereocenters. The van der Waals surface area contributed by atoms with Crippen molar-refractivity contribution in [1.29, 1.82) is 5.41 Å². The van der Waals surface area contributed by atoms with Crippen LogP contribution < -0.4 is 14.2 Å². The summed E-state index contributed by atoms with van der Waals surface area (Å²) in [7, 11) is 0. The fourth-order valence-corrected chi connectivity index (χ4v) is 7.76. The van der Waals surface area contributed by atoms with Gasteiger partial charge < -0.3 is 33.8 Å². The van der Waals surface area contributed by atoms with E-state index in [-0.39, 0.29) is 39.9 Å². The molecule has 0 bridgehead atoms. The average Bonchev–Trinajstić information content (AvgIpc) is 4.00. The van der Waals surface area contributed by atoms with Gasteiger partial charge in [0.25, 0.3) is 0 Å². The Morgan fingerprint density at radius 1 is 0.750 bits per heavy atom. The van der Waals surface area contributed by atoms with Gasteiger partial charge in [-0.05, 0) is 128 Å². The standard InChI is InChI=1S/C45H48FNO9/c1-2-4-28-5-13-36(14-6-28)53-43(48)33-11-17-39(35(23-33)26-47)55-45(50)34-12-18-40(38(46)25-34)56-44(49)32-9-8-31-24-37(15-10-30(31)22-32)52-20-3-19-51-27-29-7-16-41-42(21-29)54-41/h8-12,15,17-18,22-26,28-29,36,41-42,47H,2-7,13-14,16,19-21,27H2,1H3. The summed E-state index contributed by atoms with van der Waals surface area (Å²) in [4.78, 5) is 38.8. The molecule has 294 valence electrons. The highest BCUT2D eigenvalue weighted by atomic mass is 19.1. The number of carbonyl (C=O) groups excluding carboxylic acids is 3. The Morgan fingerprint density at radius 3 is 2.18 bits per heavy atom. The monoisotopic (exact) mass is 765 g/mol. The topological polar surface area (TPSA) is 134 Å². The highest BCUT2D eigenvalue weighted by Crippen LogP contribution is 2.39. The molecule has 4 aromatic carbocycles. The van der Waals surface area contributed by atoms with Crippen molar-refractivity contribution in [2.45, 2.75) is 89.4 Å². The van der Waals surface area contributed by atoms with Crippen LogP contribution in [0, 0.1) is 23.1 Å². The lowest BCUT2D eigenvalue weighted by Gasteiger charge is -2.28. The molecule has 1 N–H and O–H groups in total. The van der Waals surface area contributed by atoms with Gasteiger partial charge in [-0.2, -0.15) is 0 Å². The summed E-state index contributed by atoms with van der Waals surface area (Å²) in [5.74, 6) is -1.45. The maximum absolute atomic E-state index is 15.1. The van der Waals surface area contributed by atoms with Crippen molar-refractivity contribution < 1.29 is 47.2 Å². The van der Waals surface area contributed by atoms with Crippen LogP contribution in [0.25, 0.3) is 10.8 Å². The lowest BCUT2D eigenvalue weighted by atomic mass is 9.85. The lowest BCUT2D eigenvalue weighted by molar-refractivity contribution is 0.0161. The van der Waals surface area contributed by atoms with Crippen LogP contribution in [0.3, 0.4) is 0 Å².